The fraction of sp³-hybridized carbons (Fsp3) is 0.375. The lowest BCUT2D eigenvalue weighted by Gasteiger charge is -2.22. The van der Waals surface area contributed by atoms with Gasteiger partial charge in [-0.2, -0.15) is 13.2 Å². The second kappa shape index (κ2) is 8.06. The van der Waals surface area contributed by atoms with Crippen molar-refractivity contribution >= 4 is 17.4 Å². The van der Waals surface area contributed by atoms with Crippen LogP contribution in [-0.4, -0.2) is 39.6 Å². The van der Waals surface area contributed by atoms with Gasteiger partial charge in [-0.3, -0.25) is 9.59 Å². The van der Waals surface area contributed by atoms with Gasteiger partial charge in [0.25, 0.3) is 5.56 Å². The first kappa shape index (κ1) is 20.2. The van der Waals surface area contributed by atoms with Crippen LogP contribution in [0, 0.1) is 5.92 Å². The van der Waals surface area contributed by atoms with Crippen molar-refractivity contribution < 1.29 is 23.7 Å². The van der Waals surface area contributed by atoms with Crippen LogP contribution in [0.1, 0.15) is 19.6 Å². The Morgan fingerprint density at radius 3 is 2.70 bits per heavy atom. The molecule has 2 aromatic heterocycles. The molecule has 27 heavy (non-hydrogen) atoms. The van der Waals surface area contributed by atoms with Gasteiger partial charge < -0.3 is 21.4 Å². The summed E-state index contributed by atoms with van der Waals surface area (Å²) in [6, 6.07) is 1.94. The zero-order valence-corrected chi connectivity index (χ0v) is 14.6. The summed E-state index contributed by atoms with van der Waals surface area (Å²) in [4.78, 5) is 34.2. The molecule has 5 N–H and O–H groups in total. The van der Waals surface area contributed by atoms with E-state index in [2.05, 4.69) is 20.3 Å². The average molecular weight is 392 g/mol. The van der Waals surface area contributed by atoms with E-state index in [0.29, 0.717) is 5.56 Å². The van der Waals surface area contributed by atoms with E-state index >= 15 is 0 Å². The van der Waals surface area contributed by atoms with Gasteiger partial charge in [0.1, 0.15) is 18.4 Å². The minimum Gasteiger partial charge on any atom is -0.394 e. The van der Waals surface area contributed by atoms with Crippen molar-refractivity contribution in [1.29, 1.82) is 0 Å². The molecule has 0 aliphatic rings. The van der Waals surface area contributed by atoms with Gasteiger partial charge in [0.2, 0.25) is 5.91 Å². The number of H-pyrrole nitrogens is 1. The SMILES string of the molecule is CC(C)[C@@H](Nc1ccnc(-c2c[nH]c(=O)c(N)c2)n1)C(=O)NCC(F)(F)F.[HH].[HH].[HH].[HH]. The first-order valence-electron chi connectivity index (χ1n) is 7.99. The van der Waals surface area contributed by atoms with E-state index in [1.54, 1.807) is 13.8 Å². The number of anilines is 2. The summed E-state index contributed by atoms with van der Waals surface area (Å²) in [7, 11) is 0. The molecule has 0 bridgehead atoms. The molecular weight excluding hydrogens is 365 g/mol. The Bertz CT molecular complexity index is 883. The minimum absolute atomic E-state index is 0. The van der Waals surface area contributed by atoms with Crippen LogP contribution in [0.25, 0.3) is 11.4 Å². The highest BCUT2D eigenvalue weighted by Gasteiger charge is 2.30. The Labute approximate surface area is 158 Å². The van der Waals surface area contributed by atoms with E-state index in [-0.39, 0.29) is 29.0 Å². The second-order valence-electron chi connectivity index (χ2n) is 6.14. The van der Waals surface area contributed by atoms with Gasteiger partial charge in [-0.05, 0) is 18.1 Å². The number of nitrogens with two attached hydrogens (primary N) is 1. The number of nitrogens with one attached hydrogen (secondary N) is 3. The average Bonchev–Trinajstić information content (AvgIpc) is 2.59. The standard InChI is InChI=1S/C16H19F3N6O2.4H2/c1-8(2)12(15(27)23-7-16(17,18)19)24-11-3-4-21-13(25-11)9-5-10(20)14(26)22-6-9;;;;/h3-6,8,12H,7,20H2,1-2H3,(H,22,26)(H,23,27)(H,21,24,25);4*1H/t12-;;;;/m1..../s1. The molecule has 0 aromatic carbocycles. The maximum Gasteiger partial charge on any atom is 0.405 e. The summed E-state index contributed by atoms with van der Waals surface area (Å²) in [5, 5.41) is 4.68. The highest BCUT2D eigenvalue weighted by atomic mass is 19.4. The summed E-state index contributed by atoms with van der Waals surface area (Å²) in [6.45, 7) is 1.97. The van der Waals surface area contributed by atoms with E-state index in [9.17, 15) is 22.8 Å². The van der Waals surface area contributed by atoms with E-state index in [0.717, 1.165) is 0 Å². The molecule has 154 valence electrons. The number of aromatic nitrogens is 3. The van der Waals surface area contributed by atoms with Crippen molar-refractivity contribution in [3.63, 3.8) is 0 Å². The predicted molar refractivity (Wildman–Crippen MR) is 102 cm³/mol. The third kappa shape index (κ3) is 5.69. The Hall–Kier alpha value is -3.11. The molecule has 1 amide bonds. The number of aromatic amines is 1. The molecule has 0 saturated carbocycles. The number of carbonyl (C=O) groups excluding carboxylic acids is 1. The number of carbonyl (C=O) groups is 1. The van der Waals surface area contributed by atoms with Crippen molar-refractivity contribution in [1.82, 2.24) is 20.3 Å². The molecule has 0 fully saturated rings. The normalized spacial score (nSPS) is 12.7. The van der Waals surface area contributed by atoms with Crippen molar-refractivity contribution in [2.24, 2.45) is 5.92 Å². The third-order valence-corrected chi connectivity index (χ3v) is 3.56. The first-order valence-corrected chi connectivity index (χ1v) is 7.99. The molecule has 0 saturated heterocycles. The summed E-state index contributed by atoms with van der Waals surface area (Å²) in [5.41, 5.74) is 5.55. The molecular formula is C16H27F3N6O2. The van der Waals surface area contributed by atoms with Gasteiger partial charge in [0.05, 0.1) is 5.69 Å². The lowest BCUT2D eigenvalue weighted by Crippen LogP contribution is -2.46. The molecule has 8 nitrogen and oxygen atoms in total. The Kier molecular flexibility index (Phi) is 6.03. The maximum absolute atomic E-state index is 12.3. The smallest absolute Gasteiger partial charge is 0.394 e. The van der Waals surface area contributed by atoms with E-state index in [4.69, 9.17) is 5.73 Å². The van der Waals surface area contributed by atoms with Crippen LogP contribution in [0.3, 0.4) is 0 Å². The number of alkyl halides is 3. The van der Waals surface area contributed by atoms with Gasteiger partial charge in [-0.15, -0.1) is 0 Å². The number of pyridine rings is 1. The highest BCUT2D eigenvalue weighted by Crippen LogP contribution is 2.18. The van der Waals surface area contributed by atoms with Gasteiger partial charge >= 0.3 is 6.18 Å². The van der Waals surface area contributed by atoms with E-state index < -0.39 is 30.2 Å². The van der Waals surface area contributed by atoms with Crippen LogP contribution in [0.15, 0.2) is 29.3 Å². The molecule has 11 heteroatoms. The highest BCUT2D eigenvalue weighted by molar-refractivity contribution is 5.84. The molecule has 0 spiro atoms. The predicted octanol–water partition coefficient (Wildman–Crippen LogP) is 2.51. The van der Waals surface area contributed by atoms with Gasteiger partial charge in [0.15, 0.2) is 5.82 Å². The van der Waals surface area contributed by atoms with Crippen LogP contribution >= 0.6 is 0 Å². The van der Waals surface area contributed by atoms with Crippen LogP contribution < -0.4 is 21.9 Å². The van der Waals surface area contributed by atoms with Crippen molar-refractivity contribution in [3.8, 4) is 11.4 Å². The van der Waals surface area contributed by atoms with Crippen LogP contribution in [0.4, 0.5) is 24.7 Å². The number of amides is 1. The van der Waals surface area contributed by atoms with Crippen molar-refractivity contribution in [2.45, 2.75) is 26.1 Å². The fourth-order valence-corrected chi connectivity index (χ4v) is 2.20. The van der Waals surface area contributed by atoms with Gasteiger partial charge in [-0.1, -0.05) is 13.8 Å². The zero-order chi connectivity index (χ0) is 20.2. The zero-order valence-electron chi connectivity index (χ0n) is 14.6. The number of hydrogen-bond donors (Lipinski definition) is 4. The fourth-order valence-electron chi connectivity index (χ4n) is 2.20. The molecule has 0 aliphatic heterocycles. The number of halogens is 3. The second-order valence-corrected chi connectivity index (χ2v) is 6.14. The molecule has 2 heterocycles. The first-order chi connectivity index (χ1) is 12.6. The third-order valence-electron chi connectivity index (χ3n) is 3.56. The summed E-state index contributed by atoms with van der Waals surface area (Å²) in [5.74, 6) is -0.636. The van der Waals surface area contributed by atoms with Gasteiger partial charge in [-0.25, -0.2) is 9.97 Å². The van der Waals surface area contributed by atoms with E-state index in [1.807, 2.05) is 5.32 Å². The van der Waals surface area contributed by atoms with Crippen LogP contribution in [-0.2, 0) is 4.79 Å². The van der Waals surface area contributed by atoms with Gasteiger partial charge in [0, 0.05) is 23.7 Å². The lowest BCUT2D eigenvalue weighted by atomic mass is 10.0. The molecule has 2 rings (SSSR count). The Morgan fingerprint density at radius 1 is 1.41 bits per heavy atom. The number of nitrogen functional groups attached to an aromatic ring is 1. The van der Waals surface area contributed by atoms with Crippen molar-refractivity contribution in [3.05, 3.63) is 34.9 Å². The summed E-state index contributed by atoms with van der Waals surface area (Å²) in [6.07, 6.45) is -1.70. The topological polar surface area (TPSA) is 126 Å². The maximum atomic E-state index is 12.3. The Morgan fingerprint density at radius 2 is 2.11 bits per heavy atom. The lowest BCUT2D eigenvalue weighted by molar-refractivity contribution is -0.139. The quantitative estimate of drug-likeness (QED) is 0.598. The largest absolute Gasteiger partial charge is 0.405 e. The number of hydrogen-bond acceptors (Lipinski definition) is 6. The monoisotopic (exact) mass is 392 g/mol. The van der Waals surface area contributed by atoms with Crippen LogP contribution in [0.2, 0.25) is 0 Å². The molecule has 0 radical (unpaired) electrons. The number of rotatable bonds is 6. The van der Waals surface area contributed by atoms with Crippen LogP contribution in [0.5, 0.6) is 0 Å². The Balaban J connectivity index is -0.00000196. The molecule has 2 aromatic rings. The van der Waals surface area contributed by atoms with E-state index in [1.165, 1.54) is 24.5 Å². The summed E-state index contributed by atoms with van der Waals surface area (Å²) >= 11 is 0. The van der Waals surface area contributed by atoms with Crippen molar-refractivity contribution in [2.75, 3.05) is 17.6 Å². The summed E-state index contributed by atoms with van der Waals surface area (Å²) < 4.78 is 37.0. The molecule has 1 atom stereocenters. The molecule has 0 unspecified atom stereocenters. The molecule has 0 aliphatic carbocycles. The number of nitrogens with zero attached hydrogens (tertiary/aromatic N) is 2. The minimum atomic E-state index is -4.50.